The normalized spacial score (nSPS) is 12.0. The lowest BCUT2D eigenvalue weighted by Crippen LogP contribution is -2.31. The predicted molar refractivity (Wildman–Crippen MR) is 62.7 cm³/mol. The molecule has 1 N–H and O–H groups in total. The van der Waals surface area contributed by atoms with Crippen LogP contribution in [0.25, 0.3) is 0 Å². The number of unbranched alkanes of at least 4 members (excludes halogenated alkanes) is 3. The second-order valence-electron chi connectivity index (χ2n) is 4.81. The molecular weight excluding hydrogens is 174 g/mol. The van der Waals surface area contributed by atoms with Crippen molar-refractivity contribution in [1.29, 1.82) is 0 Å². The van der Waals surface area contributed by atoms with E-state index in [1.54, 1.807) is 0 Å². The number of nitrogens with one attached hydrogen (secondary N) is 1. The molecule has 0 aromatic carbocycles. The molecule has 2 heteroatoms. The van der Waals surface area contributed by atoms with Crippen LogP contribution in [0.15, 0.2) is 0 Å². The number of hydrogen-bond acceptors (Lipinski definition) is 2. The molecule has 0 aliphatic heterocycles. The summed E-state index contributed by atoms with van der Waals surface area (Å²) >= 11 is 0. The average Bonchev–Trinajstić information content (AvgIpc) is 2.11. The van der Waals surface area contributed by atoms with Gasteiger partial charge in [0.1, 0.15) is 0 Å². The fourth-order valence-electron chi connectivity index (χ4n) is 1.51. The highest BCUT2D eigenvalue weighted by atomic mass is 16.5. The van der Waals surface area contributed by atoms with Gasteiger partial charge in [-0.15, -0.1) is 0 Å². The fourth-order valence-corrected chi connectivity index (χ4v) is 1.51. The van der Waals surface area contributed by atoms with Crippen molar-refractivity contribution in [3.05, 3.63) is 0 Å². The molecule has 0 atom stereocenters. The highest BCUT2D eigenvalue weighted by Crippen LogP contribution is 2.13. The second-order valence-corrected chi connectivity index (χ2v) is 4.81. The predicted octanol–water partition coefficient (Wildman–Crippen LogP) is 2.83. The average molecular weight is 201 g/mol. The van der Waals surface area contributed by atoms with Crippen LogP contribution in [0.2, 0.25) is 0 Å². The topological polar surface area (TPSA) is 21.3 Å². The van der Waals surface area contributed by atoms with E-state index in [1.165, 1.54) is 25.7 Å². The lowest BCUT2D eigenvalue weighted by Gasteiger charge is -2.23. The first-order valence-electron chi connectivity index (χ1n) is 5.85. The van der Waals surface area contributed by atoms with Gasteiger partial charge in [-0.2, -0.15) is 0 Å². The van der Waals surface area contributed by atoms with Gasteiger partial charge in [0.25, 0.3) is 0 Å². The minimum Gasteiger partial charge on any atom is -0.381 e. The van der Waals surface area contributed by atoms with Gasteiger partial charge in [-0.05, 0) is 13.5 Å². The Balaban J connectivity index is 3.26. The van der Waals surface area contributed by atoms with Crippen LogP contribution in [-0.4, -0.2) is 26.8 Å². The Hall–Kier alpha value is -0.0800. The summed E-state index contributed by atoms with van der Waals surface area (Å²) in [5.74, 6) is 0. The largest absolute Gasteiger partial charge is 0.381 e. The van der Waals surface area contributed by atoms with Crippen LogP contribution in [0, 0.1) is 5.41 Å². The molecular formula is C12H27NO. The van der Waals surface area contributed by atoms with E-state index >= 15 is 0 Å². The molecule has 0 aromatic heterocycles. The Morgan fingerprint density at radius 2 is 1.86 bits per heavy atom. The maximum absolute atomic E-state index is 5.66. The van der Waals surface area contributed by atoms with E-state index in [-0.39, 0.29) is 5.41 Å². The summed E-state index contributed by atoms with van der Waals surface area (Å²) in [5.41, 5.74) is 0.263. The van der Waals surface area contributed by atoms with Crippen molar-refractivity contribution in [2.24, 2.45) is 5.41 Å². The lowest BCUT2D eigenvalue weighted by atomic mass is 9.95. The Labute approximate surface area is 89.4 Å². The highest BCUT2D eigenvalue weighted by molar-refractivity contribution is 4.69. The molecule has 0 amide bonds. The summed E-state index contributed by atoms with van der Waals surface area (Å²) in [4.78, 5) is 0. The van der Waals surface area contributed by atoms with Crippen LogP contribution in [0.4, 0.5) is 0 Å². The Morgan fingerprint density at radius 1 is 1.14 bits per heavy atom. The van der Waals surface area contributed by atoms with E-state index in [1.807, 2.05) is 7.05 Å². The van der Waals surface area contributed by atoms with E-state index in [9.17, 15) is 0 Å². The van der Waals surface area contributed by atoms with Gasteiger partial charge in [-0.1, -0.05) is 40.0 Å². The maximum atomic E-state index is 5.66. The SMILES string of the molecule is CCCCCCOCC(C)(C)CNC. The van der Waals surface area contributed by atoms with Crippen LogP contribution >= 0.6 is 0 Å². The van der Waals surface area contributed by atoms with E-state index < -0.39 is 0 Å². The number of hydrogen-bond donors (Lipinski definition) is 1. The molecule has 0 bridgehead atoms. The van der Waals surface area contributed by atoms with Crippen LogP contribution in [-0.2, 0) is 4.74 Å². The third-order valence-corrected chi connectivity index (χ3v) is 2.29. The highest BCUT2D eigenvalue weighted by Gasteiger charge is 2.16. The van der Waals surface area contributed by atoms with Gasteiger partial charge in [0, 0.05) is 18.6 Å². The lowest BCUT2D eigenvalue weighted by molar-refractivity contribution is 0.0607. The summed E-state index contributed by atoms with van der Waals surface area (Å²) in [5, 5.41) is 3.19. The van der Waals surface area contributed by atoms with Crippen LogP contribution < -0.4 is 5.32 Å². The van der Waals surface area contributed by atoms with Gasteiger partial charge in [0.15, 0.2) is 0 Å². The van der Waals surface area contributed by atoms with Gasteiger partial charge in [0.05, 0.1) is 6.61 Å². The van der Waals surface area contributed by atoms with Crippen molar-refractivity contribution in [2.75, 3.05) is 26.8 Å². The van der Waals surface area contributed by atoms with Crippen molar-refractivity contribution in [3.8, 4) is 0 Å². The van der Waals surface area contributed by atoms with Crippen molar-refractivity contribution in [1.82, 2.24) is 5.32 Å². The molecule has 0 saturated carbocycles. The van der Waals surface area contributed by atoms with Gasteiger partial charge in [-0.3, -0.25) is 0 Å². The summed E-state index contributed by atoms with van der Waals surface area (Å²) in [6, 6.07) is 0. The smallest absolute Gasteiger partial charge is 0.0529 e. The van der Waals surface area contributed by atoms with Crippen molar-refractivity contribution >= 4 is 0 Å². The first-order chi connectivity index (χ1) is 6.62. The molecule has 0 heterocycles. The molecule has 0 fully saturated rings. The van der Waals surface area contributed by atoms with Gasteiger partial charge in [-0.25, -0.2) is 0 Å². The zero-order valence-electron chi connectivity index (χ0n) is 10.4. The molecule has 0 unspecified atom stereocenters. The standard InChI is InChI=1S/C12H27NO/c1-5-6-7-8-9-14-11-12(2,3)10-13-4/h13H,5-11H2,1-4H3. The molecule has 0 aliphatic rings. The molecule has 0 aromatic rings. The van der Waals surface area contributed by atoms with Crippen LogP contribution in [0.1, 0.15) is 46.5 Å². The molecule has 0 saturated heterocycles. The third-order valence-electron chi connectivity index (χ3n) is 2.29. The van der Waals surface area contributed by atoms with Crippen molar-refractivity contribution in [3.63, 3.8) is 0 Å². The minimum atomic E-state index is 0.263. The molecule has 0 rings (SSSR count). The van der Waals surface area contributed by atoms with E-state index in [0.29, 0.717) is 0 Å². The third kappa shape index (κ3) is 8.52. The first-order valence-corrected chi connectivity index (χ1v) is 5.85. The summed E-state index contributed by atoms with van der Waals surface area (Å²) in [7, 11) is 1.99. The quantitative estimate of drug-likeness (QED) is 0.579. The van der Waals surface area contributed by atoms with E-state index in [4.69, 9.17) is 4.74 Å². The monoisotopic (exact) mass is 201 g/mol. The number of ether oxygens (including phenoxy) is 1. The van der Waals surface area contributed by atoms with Gasteiger partial charge >= 0.3 is 0 Å². The van der Waals surface area contributed by atoms with Crippen molar-refractivity contribution in [2.45, 2.75) is 46.5 Å². The molecule has 0 spiro atoms. The molecule has 0 radical (unpaired) electrons. The summed E-state index contributed by atoms with van der Waals surface area (Å²) in [6.45, 7) is 9.50. The molecule has 2 nitrogen and oxygen atoms in total. The first kappa shape index (κ1) is 13.9. The second kappa shape index (κ2) is 8.25. The van der Waals surface area contributed by atoms with Gasteiger partial charge < -0.3 is 10.1 Å². The fraction of sp³-hybridized carbons (Fsp3) is 1.00. The minimum absolute atomic E-state index is 0.263. The van der Waals surface area contributed by atoms with Crippen LogP contribution in [0.3, 0.4) is 0 Å². The van der Waals surface area contributed by atoms with Crippen LogP contribution in [0.5, 0.6) is 0 Å². The molecule has 0 aliphatic carbocycles. The summed E-state index contributed by atoms with van der Waals surface area (Å²) in [6.07, 6.45) is 5.15. The zero-order valence-corrected chi connectivity index (χ0v) is 10.4. The summed E-state index contributed by atoms with van der Waals surface area (Å²) < 4.78 is 5.66. The molecule has 86 valence electrons. The van der Waals surface area contributed by atoms with Crippen molar-refractivity contribution < 1.29 is 4.74 Å². The Morgan fingerprint density at radius 3 is 2.43 bits per heavy atom. The Kier molecular flexibility index (Phi) is 8.20. The maximum Gasteiger partial charge on any atom is 0.0529 e. The zero-order chi connectivity index (χ0) is 10.9. The Bertz CT molecular complexity index is 123. The molecule has 14 heavy (non-hydrogen) atoms. The van der Waals surface area contributed by atoms with E-state index in [0.717, 1.165) is 19.8 Å². The van der Waals surface area contributed by atoms with E-state index in [2.05, 4.69) is 26.1 Å². The van der Waals surface area contributed by atoms with Gasteiger partial charge in [0.2, 0.25) is 0 Å². The number of rotatable bonds is 9.